The fourth-order valence-corrected chi connectivity index (χ4v) is 2.65. The predicted octanol–water partition coefficient (Wildman–Crippen LogP) is 4.02. The number of ketones is 1. The summed E-state index contributed by atoms with van der Waals surface area (Å²) >= 11 is 0. The fraction of sp³-hybridized carbons (Fsp3) is 0.250. The molecule has 0 aliphatic carbocycles. The summed E-state index contributed by atoms with van der Waals surface area (Å²) in [6.07, 6.45) is 0.0786. The molecule has 0 saturated carbocycles. The number of carbonyl (C=O) groups is 1. The van der Waals surface area contributed by atoms with Gasteiger partial charge in [0.05, 0.1) is 19.2 Å². The van der Waals surface area contributed by atoms with Gasteiger partial charge in [-0.1, -0.05) is 48.0 Å². The summed E-state index contributed by atoms with van der Waals surface area (Å²) in [6.45, 7) is 1.95. The van der Waals surface area contributed by atoms with E-state index in [2.05, 4.69) is 0 Å². The van der Waals surface area contributed by atoms with E-state index in [1.165, 1.54) is 7.11 Å². The summed E-state index contributed by atoms with van der Waals surface area (Å²) in [7, 11) is 1.53. The first-order valence-electron chi connectivity index (χ1n) is 7.62. The standard InChI is InChI=1S/C20H18N2O2/c1-14-7-9-15(10-8-14)19(23)11-18(16(12-21)13-22)17-5-3-4-6-20(17)24-2/h3-10,16,18H,11H2,1-2H3/t18-/m1/s1. The van der Waals surface area contributed by atoms with Crippen molar-refractivity contribution in [3.05, 3.63) is 65.2 Å². The minimum atomic E-state index is -0.921. The lowest BCUT2D eigenvalue weighted by molar-refractivity contribution is 0.0970. The van der Waals surface area contributed by atoms with Crippen LogP contribution < -0.4 is 4.74 Å². The number of ether oxygens (including phenoxy) is 1. The second kappa shape index (κ2) is 7.94. The maximum atomic E-state index is 12.6. The summed E-state index contributed by atoms with van der Waals surface area (Å²) in [4.78, 5) is 12.6. The summed E-state index contributed by atoms with van der Waals surface area (Å²) in [6, 6.07) is 18.5. The number of nitrogens with zero attached hydrogens (tertiary/aromatic N) is 2. The molecule has 0 fully saturated rings. The third kappa shape index (κ3) is 3.80. The molecule has 1 atom stereocenters. The molecule has 120 valence electrons. The Labute approximate surface area is 141 Å². The van der Waals surface area contributed by atoms with Gasteiger partial charge in [-0.05, 0) is 13.0 Å². The maximum absolute atomic E-state index is 12.6. The molecule has 24 heavy (non-hydrogen) atoms. The summed E-state index contributed by atoms with van der Waals surface area (Å²) in [5.41, 5.74) is 2.35. The topological polar surface area (TPSA) is 73.9 Å². The van der Waals surface area contributed by atoms with Gasteiger partial charge in [0, 0.05) is 23.5 Å². The SMILES string of the molecule is COc1ccccc1[C@H](CC(=O)c1ccc(C)cc1)C(C#N)C#N. The third-order valence-electron chi connectivity index (χ3n) is 4.00. The minimum absolute atomic E-state index is 0.0786. The number of nitriles is 2. The molecule has 0 aliphatic rings. The van der Waals surface area contributed by atoms with E-state index < -0.39 is 11.8 Å². The average molecular weight is 318 g/mol. The van der Waals surface area contributed by atoms with Crippen molar-refractivity contribution in [2.24, 2.45) is 5.92 Å². The van der Waals surface area contributed by atoms with Crippen LogP contribution in [-0.2, 0) is 0 Å². The quantitative estimate of drug-likeness (QED) is 0.754. The number of rotatable bonds is 6. The van der Waals surface area contributed by atoms with Crippen LogP contribution in [0.1, 0.15) is 33.8 Å². The van der Waals surface area contributed by atoms with Crippen molar-refractivity contribution in [2.45, 2.75) is 19.3 Å². The van der Waals surface area contributed by atoms with Gasteiger partial charge < -0.3 is 4.74 Å². The first kappa shape index (κ1) is 17.2. The van der Waals surface area contributed by atoms with Gasteiger partial charge in [0.25, 0.3) is 0 Å². The second-order valence-corrected chi connectivity index (χ2v) is 5.58. The van der Waals surface area contributed by atoms with Crippen LogP contribution >= 0.6 is 0 Å². The molecular weight excluding hydrogens is 300 g/mol. The molecule has 0 N–H and O–H groups in total. The van der Waals surface area contributed by atoms with E-state index in [0.717, 1.165) is 5.56 Å². The molecule has 0 radical (unpaired) electrons. The van der Waals surface area contributed by atoms with Gasteiger partial charge in [-0.15, -0.1) is 0 Å². The molecule has 0 heterocycles. The van der Waals surface area contributed by atoms with E-state index in [0.29, 0.717) is 16.9 Å². The molecule has 0 aromatic heterocycles. The van der Waals surface area contributed by atoms with Gasteiger partial charge in [0.15, 0.2) is 5.78 Å². The first-order valence-corrected chi connectivity index (χ1v) is 7.62. The zero-order valence-corrected chi connectivity index (χ0v) is 13.7. The molecular formula is C20H18N2O2. The van der Waals surface area contributed by atoms with Gasteiger partial charge in [0.2, 0.25) is 0 Å². The Balaban J connectivity index is 2.37. The van der Waals surface area contributed by atoms with Crippen LogP contribution in [-0.4, -0.2) is 12.9 Å². The van der Waals surface area contributed by atoms with E-state index in [1.807, 2.05) is 43.3 Å². The lowest BCUT2D eigenvalue weighted by Crippen LogP contribution is -2.16. The average Bonchev–Trinajstić information content (AvgIpc) is 2.62. The fourth-order valence-electron chi connectivity index (χ4n) is 2.65. The van der Waals surface area contributed by atoms with Crippen LogP contribution in [0.5, 0.6) is 5.75 Å². The number of hydrogen-bond acceptors (Lipinski definition) is 4. The Hall–Kier alpha value is -3.11. The molecule has 2 aromatic rings. The third-order valence-corrected chi connectivity index (χ3v) is 4.00. The molecule has 0 unspecified atom stereocenters. The van der Waals surface area contributed by atoms with Crippen LogP contribution in [0.25, 0.3) is 0 Å². The van der Waals surface area contributed by atoms with Crippen LogP contribution in [0.2, 0.25) is 0 Å². The zero-order chi connectivity index (χ0) is 17.5. The summed E-state index contributed by atoms with van der Waals surface area (Å²) in [5, 5.41) is 18.6. The van der Waals surface area contributed by atoms with Gasteiger partial charge in [-0.3, -0.25) is 4.79 Å². The second-order valence-electron chi connectivity index (χ2n) is 5.58. The normalized spacial score (nSPS) is 11.4. The molecule has 0 amide bonds. The van der Waals surface area contributed by atoms with Crippen molar-refractivity contribution in [2.75, 3.05) is 7.11 Å². The molecule has 4 nitrogen and oxygen atoms in total. The number of Topliss-reactive ketones (excluding diaryl/α,β-unsaturated/α-hetero) is 1. The Morgan fingerprint density at radius 1 is 1.08 bits per heavy atom. The van der Waals surface area contributed by atoms with Crippen LogP contribution in [0.15, 0.2) is 48.5 Å². The van der Waals surface area contributed by atoms with Crippen molar-refractivity contribution in [3.8, 4) is 17.9 Å². The van der Waals surface area contributed by atoms with E-state index in [-0.39, 0.29) is 12.2 Å². The molecule has 0 spiro atoms. The van der Waals surface area contributed by atoms with Gasteiger partial charge >= 0.3 is 0 Å². The predicted molar refractivity (Wildman–Crippen MR) is 90.6 cm³/mol. The highest BCUT2D eigenvalue weighted by Gasteiger charge is 2.28. The van der Waals surface area contributed by atoms with Gasteiger partial charge in [-0.2, -0.15) is 10.5 Å². The van der Waals surface area contributed by atoms with Crippen molar-refractivity contribution in [1.29, 1.82) is 10.5 Å². The number of aryl methyl sites for hydroxylation is 1. The monoisotopic (exact) mass is 318 g/mol. The molecule has 2 rings (SSSR count). The largest absolute Gasteiger partial charge is 0.496 e. The number of para-hydroxylation sites is 1. The van der Waals surface area contributed by atoms with Crippen LogP contribution in [0.4, 0.5) is 0 Å². The van der Waals surface area contributed by atoms with E-state index in [9.17, 15) is 15.3 Å². The molecule has 2 aromatic carbocycles. The Morgan fingerprint density at radius 2 is 1.71 bits per heavy atom. The van der Waals surface area contributed by atoms with Gasteiger partial charge in [-0.25, -0.2) is 0 Å². The highest BCUT2D eigenvalue weighted by Crippen LogP contribution is 2.35. The van der Waals surface area contributed by atoms with Crippen molar-refractivity contribution >= 4 is 5.78 Å². The van der Waals surface area contributed by atoms with Crippen molar-refractivity contribution in [3.63, 3.8) is 0 Å². The summed E-state index contributed by atoms with van der Waals surface area (Å²) < 4.78 is 5.34. The van der Waals surface area contributed by atoms with Crippen LogP contribution in [0, 0.1) is 35.5 Å². The first-order chi connectivity index (χ1) is 11.6. The molecule has 0 aliphatic heterocycles. The highest BCUT2D eigenvalue weighted by molar-refractivity contribution is 5.96. The lowest BCUT2D eigenvalue weighted by Gasteiger charge is -2.20. The van der Waals surface area contributed by atoms with E-state index in [4.69, 9.17) is 4.74 Å². The Bertz CT molecular complexity index is 784. The van der Waals surface area contributed by atoms with E-state index in [1.54, 1.807) is 24.3 Å². The Morgan fingerprint density at radius 3 is 2.29 bits per heavy atom. The number of hydrogen-bond donors (Lipinski definition) is 0. The number of methoxy groups -OCH3 is 1. The van der Waals surface area contributed by atoms with Gasteiger partial charge in [0.1, 0.15) is 11.7 Å². The Kier molecular flexibility index (Phi) is 5.71. The number of carbonyl (C=O) groups excluding carboxylic acids is 1. The summed E-state index contributed by atoms with van der Waals surface area (Å²) in [5.74, 6) is -0.975. The maximum Gasteiger partial charge on any atom is 0.163 e. The molecule has 0 bridgehead atoms. The van der Waals surface area contributed by atoms with E-state index >= 15 is 0 Å². The zero-order valence-electron chi connectivity index (χ0n) is 13.7. The van der Waals surface area contributed by atoms with Crippen LogP contribution in [0.3, 0.4) is 0 Å². The minimum Gasteiger partial charge on any atom is -0.496 e. The number of benzene rings is 2. The molecule has 0 saturated heterocycles. The van der Waals surface area contributed by atoms with Crippen molar-refractivity contribution < 1.29 is 9.53 Å². The lowest BCUT2D eigenvalue weighted by atomic mass is 9.82. The highest BCUT2D eigenvalue weighted by atomic mass is 16.5. The van der Waals surface area contributed by atoms with Crippen molar-refractivity contribution in [1.82, 2.24) is 0 Å². The smallest absolute Gasteiger partial charge is 0.163 e. The molecule has 4 heteroatoms.